The van der Waals surface area contributed by atoms with E-state index < -0.39 is 23.3 Å². The van der Waals surface area contributed by atoms with Gasteiger partial charge >= 0.3 is 0 Å². The molecule has 0 bridgehead atoms. The maximum absolute atomic E-state index is 15.6. The Balaban J connectivity index is 1.69. The van der Waals surface area contributed by atoms with Crippen molar-refractivity contribution in [2.45, 2.75) is 58.4 Å². The molecule has 0 saturated heterocycles. The summed E-state index contributed by atoms with van der Waals surface area (Å²) in [6.07, 6.45) is 7.36. The first-order valence-electron chi connectivity index (χ1n) is 12.7. The predicted octanol–water partition coefficient (Wildman–Crippen LogP) is 6.89. The maximum atomic E-state index is 15.6. The van der Waals surface area contributed by atoms with Crippen molar-refractivity contribution in [3.05, 3.63) is 82.9 Å². The monoisotopic (exact) mass is 521 g/mol. The van der Waals surface area contributed by atoms with Crippen LogP contribution >= 0.6 is 0 Å². The van der Waals surface area contributed by atoms with Crippen LogP contribution in [0, 0.1) is 11.6 Å². The second kappa shape index (κ2) is 9.91. The number of halogens is 3. The van der Waals surface area contributed by atoms with Crippen molar-refractivity contribution in [2.24, 2.45) is 0 Å². The van der Waals surface area contributed by atoms with Crippen molar-refractivity contribution in [2.75, 3.05) is 6.54 Å². The number of rotatable bonds is 7. The normalized spacial score (nSPS) is 18.4. The van der Waals surface area contributed by atoms with E-state index in [1.54, 1.807) is 11.1 Å². The molecule has 4 aromatic rings. The predicted molar refractivity (Wildman–Crippen MR) is 141 cm³/mol. The summed E-state index contributed by atoms with van der Waals surface area (Å²) in [6, 6.07) is 6.99. The van der Waals surface area contributed by atoms with E-state index in [0.29, 0.717) is 24.1 Å². The summed E-state index contributed by atoms with van der Waals surface area (Å²) >= 11 is 0. The summed E-state index contributed by atoms with van der Waals surface area (Å²) in [4.78, 5) is 12.5. The third kappa shape index (κ3) is 4.80. The molecule has 0 fully saturated rings. The van der Waals surface area contributed by atoms with Crippen molar-refractivity contribution in [3.63, 3.8) is 0 Å². The molecular weight excluding hydrogens is 491 g/mol. The molecule has 0 saturated carbocycles. The Morgan fingerprint density at radius 2 is 1.89 bits per heavy atom. The van der Waals surface area contributed by atoms with E-state index in [4.69, 9.17) is 4.42 Å². The summed E-state index contributed by atoms with van der Waals surface area (Å²) < 4.78 is 54.3. The molecule has 0 radical (unpaired) electrons. The van der Waals surface area contributed by atoms with Gasteiger partial charge in [0.2, 0.25) is 0 Å². The zero-order chi connectivity index (χ0) is 27.2. The number of hydrogen-bond acceptors (Lipinski definition) is 4. The minimum atomic E-state index is -1.61. The molecule has 2 atom stereocenters. The lowest BCUT2D eigenvalue weighted by atomic mass is 9.87. The molecule has 0 N–H and O–H groups in total. The fraction of sp³-hybridized carbons (Fsp3) is 0.333. The highest BCUT2D eigenvalue weighted by atomic mass is 19.1. The van der Waals surface area contributed by atoms with E-state index in [2.05, 4.69) is 5.10 Å². The minimum absolute atomic E-state index is 0.0392. The molecule has 1 aliphatic heterocycles. The molecule has 2 aromatic heterocycles. The van der Waals surface area contributed by atoms with Crippen LogP contribution < -0.4 is 0 Å². The minimum Gasteiger partial charge on any atom is -0.459 e. The summed E-state index contributed by atoms with van der Waals surface area (Å²) in [6.45, 7) is 7.57. The highest BCUT2D eigenvalue weighted by Crippen LogP contribution is 2.45. The number of carbonyl (C=O) groups excluding carboxylic acids is 1. The topological polar surface area (TPSA) is 51.3 Å². The number of fused-ring (bicyclic) bond motifs is 3. The van der Waals surface area contributed by atoms with Crippen molar-refractivity contribution in [1.29, 1.82) is 0 Å². The number of hydrogen-bond donors (Lipinski definition) is 0. The van der Waals surface area contributed by atoms with Gasteiger partial charge in [-0.1, -0.05) is 12.1 Å². The Morgan fingerprint density at radius 3 is 2.53 bits per heavy atom. The van der Waals surface area contributed by atoms with E-state index in [9.17, 15) is 9.18 Å². The van der Waals surface area contributed by atoms with Crippen LogP contribution in [0.15, 0.2) is 53.2 Å². The Kier molecular flexibility index (Phi) is 6.77. The van der Waals surface area contributed by atoms with Crippen molar-refractivity contribution >= 4 is 23.3 Å². The number of allylic oxidation sites excluding steroid dienone is 1. The van der Waals surface area contributed by atoms with Crippen LogP contribution in [0.5, 0.6) is 0 Å². The van der Waals surface area contributed by atoms with E-state index in [0.717, 1.165) is 28.6 Å². The maximum Gasteiger partial charge on any atom is 0.142 e. The van der Waals surface area contributed by atoms with Crippen LogP contribution in [0.2, 0.25) is 0 Å². The smallest absolute Gasteiger partial charge is 0.142 e. The summed E-state index contributed by atoms with van der Waals surface area (Å²) in [7, 11) is 0. The van der Waals surface area contributed by atoms with E-state index in [1.165, 1.54) is 38.1 Å². The number of aromatic nitrogens is 2. The Hall–Kier alpha value is -3.65. The molecule has 0 spiro atoms. The fourth-order valence-electron chi connectivity index (χ4n) is 5.37. The number of nitrogens with zero attached hydrogens (tertiary/aromatic N) is 3. The van der Waals surface area contributed by atoms with Gasteiger partial charge in [0.05, 0.1) is 6.20 Å². The van der Waals surface area contributed by atoms with Gasteiger partial charge in [-0.2, -0.15) is 5.10 Å². The van der Waals surface area contributed by atoms with E-state index in [-0.39, 0.29) is 23.7 Å². The number of aryl methyl sites for hydroxylation is 1. The first-order chi connectivity index (χ1) is 18.1. The molecule has 2 aromatic carbocycles. The second-order valence-electron chi connectivity index (χ2n) is 10.5. The van der Waals surface area contributed by atoms with Gasteiger partial charge in [-0.15, -0.1) is 0 Å². The first-order valence-corrected chi connectivity index (χ1v) is 12.7. The Morgan fingerprint density at radius 1 is 1.16 bits per heavy atom. The van der Waals surface area contributed by atoms with Crippen LogP contribution in [-0.2, 0) is 17.8 Å². The quantitative estimate of drug-likeness (QED) is 0.196. The van der Waals surface area contributed by atoms with E-state index >= 15 is 8.78 Å². The largest absolute Gasteiger partial charge is 0.459 e. The SMILES string of the molecule is CCn1cc(-c2ccc3oc4c(c3c2)CC(C)N(CC(C)(C)F)[C@H]4c2c(F)cc(/C=C/C=O)cc2F)cn1. The number of aldehydes is 1. The molecule has 0 aliphatic carbocycles. The van der Waals surface area contributed by atoms with Crippen molar-refractivity contribution in [1.82, 2.24) is 14.7 Å². The molecule has 3 heterocycles. The molecule has 38 heavy (non-hydrogen) atoms. The van der Waals surface area contributed by atoms with Crippen LogP contribution in [0.4, 0.5) is 13.2 Å². The third-order valence-corrected chi connectivity index (χ3v) is 7.06. The van der Waals surface area contributed by atoms with Gasteiger partial charge in [0.1, 0.15) is 41.0 Å². The molecule has 198 valence electrons. The van der Waals surface area contributed by atoms with Crippen LogP contribution in [-0.4, -0.2) is 39.2 Å². The van der Waals surface area contributed by atoms with Gasteiger partial charge in [-0.25, -0.2) is 13.2 Å². The van der Waals surface area contributed by atoms with E-state index in [1.807, 2.05) is 42.9 Å². The van der Waals surface area contributed by atoms with Crippen LogP contribution in [0.3, 0.4) is 0 Å². The molecular formula is C30H30F3N3O2. The average molecular weight is 522 g/mol. The van der Waals surface area contributed by atoms with Gasteiger partial charge in [0, 0.05) is 47.4 Å². The first kappa shape index (κ1) is 26.0. The number of furan rings is 1. The molecule has 1 unspecified atom stereocenters. The van der Waals surface area contributed by atoms with Crippen LogP contribution in [0.25, 0.3) is 28.2 Å². The third-order valence-electron chi connectivity index (χ3n) is 7.06. The lowest BCUT2D eigenvalue weighted by Crippen LogP contribution is -2.48. The second-order valence-corrected chi connectivity index (χ2v) is 10.5. The lowest BCUT2D eigenvalue weighted by molar-refractivity contribution is -0.104. The summed E-state index contributed by atoms with van der Waals surface area (Å²) in [5.74, 6) is -1.15. The highest BCUT2D eigenvalue weighted by molar-refractivity contribution is 5.88. The Labute approximate surface area is 219 Å². The lowest BCUT2D eigenvalue weighted by Gasteiger charge is -2.42. The summed E-state index contributed by atoms with van der Waals surface area (Å²) in [5, 5.41) is 5.23. The fourth-order valence-corrected chi connectivity index (χ4v) is 5.37. The van der Waals surface area contributed by atoms with Crippen molar-refractivity contribution in [3.8, 4) is 11.1 Å². The Bertz CT molecular complexity index is 1510. The molecule has 5 rings (SSSR count). The van der Waals surface area contributed by atoms with Crippen molar-refractivity contribution < 1.29 is 22.4 Å². The number of alkyl halides is 1. The van der Waals surface area contributed by atoms with Gasteiger partial charge in [0.15, 0.2) is 0 Å². The molecule has 0 amide bonds. The van der Waals surface area contributed by atoms with Gasteiger partial charge in [0.25, 0.3) is 0 Å². The molecule has 1 aliphatic rings. The van der Waals surface area contributed by atoms with Gasteiger partial charge in [-0.05, 0) is 75.6 Å². The number of benzene rings is 2. The highest BCUT2D eigenvalue weighted by Gasteiger charge is 2.42. The molecule has 8 heteroatoms. The zero-order valence-electron chi connectivity index (χ0n) is 21.8. The average Bonchev–Trinajstić information content (AvgIpc) is 3.48. The number of carbonyl (C=O) groups is 1. The van der Waals surface area contributed by atoms with Gasteiger partial charge < -0.3 is 4.42 Å². The summed E-state index contributed by atoms with van der Waals surface area (Å²) in [5.41, 5.74) is 1.79. The van der Waals surface area contributed by atoms with Crippen LogP contribution in [0.1, 0.15) is 56.2 Å². The standard InChI is InChI=1S/C30H30F3N3O2/c1-5-35-16-21(15-34-35)20-8-9-26-22(14-20)23-11-18(2)36(17-30(3,4)33)28(29(23)38-26)27-24(31)12-19(7-6-10-37)13-25(27)32/h6-10,12-16,18,28H,5,11,17H2,1-4H3/b7-6+/t18?,28-/m0/s1. The zero-order valence-corrected chi connectivity index (χ0v) is 21.8. The molecule has 5 nitrogen and oxygen atoms in total. The van der Waals surface area contributed by atoms with Gasteiger partial charge in [-0.3, -0.25) is 14.4 Å².